The highest BCUT2D eigenvalue weighted by atomic mass is 32.1. The van der Waals surface area contributed by atoms with Gasteiger partial charge in [-0.05, 0) is 31.5 Å². The maximum absolute atomic E-state index is 12.1. The first-order chi connectivity index (χ1) is 13.4. The Balaban J connectivity index is 1.88. The zero-order valence-corrected chi connectivity index (χ0v) is 16.8. The fraction of sp³-hybridized carbons (Fsp3) is 0.316. The smallest absolute Gasteiger partial charge is 0.344 e. The van der Waals surface area contributed by atoms with Gasteiger partial charge in [0.05, 0.1) is 19.8 Å². The van der Waals surface area contributed by atoms with Gasteiger partial charge in [0.1, 0.15) is 5.00 Å². The molecule has 0 radical (unpaired) electrons. The molecule has 0 unspecified atom stereocenters. The van der Waals surface area contributed by atoms with Crippen LogP contribution in [0.15, 0.2) is 24.3 Å². The van der Waals surface area contributed by atoms with Gasteiger partial charge in [0, 0.05) is 4.88 Å². The minimum Gasteiger partial charge on any atom is -0.493 e. The third-order valence-corrected chi connectivity index (χ3v) is 4.93. The molecule has 1 amide bonds. The van der Waals surface area contributed by atoms with Gasteiger partial charge >= 0.3 is 11.9 Å². The largest absolute Gasteiger partial charge is 0.493 e. The van der Waals surface area contributed by atoms with Crippen LogP contribution >= 0.6 is 11.3 Å². The van der Waals surface area contributed by atoms with Crippen molar-refractivity contribution in [2.45, 2.75) is 13.8 Å². The molecule has 0 aliphatic heterocycles. The second kappa shape index (κ2) is 9.75. The van der Waals surface area contributed by atoms with Gasteiger partial charge in [-0.1, -0.05) is 12.1 Å². The summed E-state index contributed by atoms with van der Waals surface area (Å²) in [4.78, 5) is 36.7. The molecule has 150 valence electrons. The number of aryl methyl sites for hydroxylation is 1. The lowest BCUT2D eigenvalue weighted by molar-refractivity contribution is -0.149. The monoisotopic (exact) mass is 407 g/mol. The van der Waals surface area contributed by atoms with E-state index in [0.29, 0.717) is 22.1 Å². The highest BCUT2D eigenvalue weighted by Crippen LogP contribution is 2.32. The molecular weight excluding hydrogens is 386 g/mol. The fourth-order valence-corrected chi connectivity index (χ4v) is 3.35. The number of esters is 2. The number of methoxy groups -OCH3 is 2. The Bertz CT molecular complexity index is 875. The summed E-state index contributed by atoms with van der Waals surface area (Å²) in [5.41, 5.74) is 1.03. The second-order valence-electron chi connectivity index (χ2n) is 5.63. The molecule has 0 bridgehead atoms. The Morgan fingerprint density at radius 1 is 1.04 bits per heavy atom. The zero-order chi connectivity index (χ0) is 20.7. The average molecular weight is 407 g/mol. The van der Waals surface area contributed by atoms with E-state index in [1.54, 1.807) is 31.2 Å². The standard InChI is InChI=1S/C19H21NO7S/c1-11-12(2)28-18(17(11)19(23)25-4)20-15(21)9-27-16(22)10-26-14-8-6-5-7-13(14)24-3/h5-8H,9-10H2,1-4H3,(H,20,21). The number of carbonyl (C=O) groups excluding carboxylic acids is 3. The van der Waals surface area contributed by atoms with E-state index < -0.39 is 24.5 Å². The molecule has 0 fully saturated rings. The van der Waals surface area contributed by atoms with Crippen LogP contribution in [0.2, 0.25) is 0 Å². The van der Waals surface area contributed by atoms with Crippen molar-refractivity contribution >= 4 is 34.2 Å². The van der Waals surface area contributed by atoms with Gasteiger partial charge in [-0.2, -0.15) is 0 Å². The number of anilines is 1. The molecule has 1 heterocycles. The van der Waals surface area contributed by atoms with Gasteiger partial charge in [0.15, 0.2) is 24.7 Å². The first kappa shape index (κ1) is 21.2. The van der Waals surface area contributed by atoms with E-state index in [0.717, 1.165) is 10.4 Å². The number of hydrogen-bond donors (Lipinski definition) is 1. The summed E-state index contributed by atoms with van der Waals surface area (Å²) >= 11 is 1.25. The van der Waals surface area contributed by atoms with Crippen LogP contribution in [-0.4, -0.2) is 45.3 Å². The average Bonchev–Trinajstić information content (AvgIpc) is 2.97. The lowest BCUT2D eigenvalue weighted by atomic mass is 10.1. The molecule has 0 saturated carbocycles. The molecule has 1 aromatic carbocycles. The number of carbonyl (C=O) groups is 3. The molecule has 0 saturated heterocycles. The van der Waals surface area contributed by atoms with Crippen molar-refractivity contribution in [3.05, 3.63) is 40.3 Å². The Morgan fingerprint density at radius 3 is 2.36 bits per heavy atom. The Labute approximate surface area is 166 Å². The van der Waals surface area contributed by atoms with E-state index in [9.17, 15) is 14.4 Å². The number of hydrogen-bond acceptors (Lipinski definition) is 8. The maximum Gasteiger partial charge on any atom is 0.344 e. The molecule has 28 heavy (non-hydrogen) atoms. The third-order valence-electron chi connectivity index (χ3n) is 3.81. The highest BCUT2D eigenvalue weighted by molar-refractivity contribution is 7.16. The molecule has 2 aromatic rings. The summed E-state index contributed by atoms with van der Waals surface area (Å²) in [6.45, 7) is 2.71. The van der Waals surface area contributed by atoms with Crippen molar-refractivity contribution in [2.24, 2.45) is 0 Å². The molecule has 2 rings (SSSR count). The van der Waals surface area contributed by atoms with Gasteiger partial charge in [-0.3, -0.25) is 4.79 Å². The number of thiophene rings is 1. The summed E-state index contributed by atoms with van der Waals surface area (Å²) in [7, 11) is 2.76. The van der Waals surface area contributed by atoms with Crippen molar-refractivity contribution < 1.29 is 33.3 Å². The summed E-state index contributed by atoms with van der Waals surface area (Å²) in [6, 6.07) is 6.85. The molecule has 0 atom stereocenters. The summed E-state index contributed by atoms with van der Waals surface area (Å²) in [5.74, 6) is -0.963. The van der Waals surface area contributed by atoms with Crippen molar-refractivity contribution in [3.63, 3.8) is 0 Å². The van der Waals surface area contributed by atoms with Crippen LogP contribution in [0, 0.1) is 13.8 Å². The number of ether oxygens (including phenoxy) is 4. The number of rotatable bonds is 8. The molecule has 9 heteroatoms. The molecule has 8 nitrogen and oxygen atoms in total. The lowest BCUT2D eigenvalue weighted by Gasteiger charge is -2.10. The maximum atomic E-state index is 12.1. The molecule has 1 N–H and O–H groups in total. The molecular formula is C19H21NO7S. The SMILES string of the molecule is COC(=O)c1c(NC(=O)COC(=O)COc2ccccc2OC)sc(C)c1C. The zero-order valence-electron chi connectivity index (χ0n) is 16.0. The predicted octanol–water partition coefficient (Wildman–Crippen LogP) is 2.72. The molecule has 0 spiro atoms. The third kappa shape index (κ3) is 5.23. The van der Waals surface area contributed by atoms with E-state index in [-0.39, 0.29) is 6.61 Å². The van der Waals surface area contributed by atoms with E-state index in [1.165, 1.54) is 25.6 Å². The van der Waals surface area contributed by atoms with Crippen LogP contribution < -0.4 is 14.8 Å². The van der Waals surface area contributed by atoms with Gasteiger partial charge in [-0.15, -0.1) is 11.3 Å². The first-order valence-corrected chi connectivity index (χ1v) is 9.08. The lowest BCUT2D eigenvalue weighted by Crippen LogP contribution is -2.24. The Morgan fingerprint density at radius 2 is 1.71 bits per heavy atom. The number of benzene rings is 1. The Kier molecular flexibility index (Phi) is 7.39. The number of nitrogens with one attached hydrogen (secondary N) is 1. The van der Waals surface area contributed by atoms with Crippen LogP contribution in [0.5, 0.6) is 11.5 Å². The van der Waals surface area contributed by atoms with E-state index in [1.807, 2.05) is 6.92 Å². The highest BCUT2D eigenvalue weighted by Gasteiger charge is 2.22. The van der Waals surface area contributed by atoms with Crippen molar-refractivity contribution in [3.8, 4) is 11.5 Å². The predicted molar refractivity (Wildman–Crippen MR) is 103 cm³/mol. The van der Waals surface area contributed by atoms with Crippen molar-refractivity contribution in [2.75, 3.05) is 32.8 Å². The van der Waals surface area contributed by atoms with Gasteiger partial charge in [0.2, 0.25) is 0 Å². The molecule has 0 aliphatic rings. The topological polar surface area (TPSA) is 100 Å². The summed E-state index contributed by atoms with van der Waals surface area (Å²) in [6.07, 6.45) is 0. The van der Waals surface area contributed by atoms with E-state index in [4.69, 9.17) is 18.9 Å². The van der Waals surface area contributed by atoms with Crippen molar-refractivity contribution in [1.82, 2.24) is 0 Å². The quantitative estimate of drug-likeness (QED) is 0.672. The minimum absolute atomic E-state index is 0.296. The van der Waals surface area contributed by atoms with Crippen molar-refractivity contribution in [1.29, 1.82) is 0 Å². The Hall–Kier alpha value is -3.07. The first-order valence-electron chi connectivity index (χ1n) is 8.27. The van der Waals surface area contributed by atoms with Crippen LogP contribution in [0.25, 0.3) is 0 Å². The van der Waals surface area contributed by atoms with Gasteiger partial charge in [0.25, 0.3) is 5.91 Å². The van der Waals surface area contributed by atoms with E-state index >= 15 is 0 Å². The normalized spacial score (nSPS) is 10.1. The van der Waals surface area contributed by atoms with Gasteiger partial charge in [-0.25, -0.2) is 9.59 Å². The molecule has 0 aliphatic carbocycles. The van der Waals surface area contributed by atoms with Crippen LogP contribution in [-0.2, 0) is 19.1 Å². The summed E-state index contributed by atoms with van der Waals surface area (Å²) in [5, 5.41) is 2.93. The van der Waals surface area contributed by atoms with Crippen LogP contribution in [0.1, 0.15) is 20.8 Å². The second-order valence-corrected chi connectivity index (χ2v) is 6.85. The number of para-hydroxylation sites is 2. The van der Waals surface area contributed by atoms with Crippen LogP contribution in [0.3, 0.4) is 0 Å². The van der Waals surface area contributed by atoms with Crippen LogP contribution in [0.4, 0.5) is 5.00 Å². The minimum atomic E-state index is -0.715. The van der Waals surface area contributed by atoms with Gasteiger partial charge < -0.3 is 24.3 Å². The fourth-order valence-electron chi connectivity index (χ4n) is 2.29. The summed E-state index contributed by atoms with van der Waals surface area (Å²) < 4.78 is 20.1. The van der Waals surface area contributed by atoms with E-state index in [2.05, 4.69) is 5.32 Å². The number of amides is 1. The molecule has 1 aromatic heterocycles.